The molecule has 2 aliphatic carbocycles. The molecule has 2 nitrogen and oxygen atoms in total. The Hall–Kier alpha value is -1.08. The SMILES string of the molecule is [CH]1[CH][CH][CH][CH]1.[CH]1[CH][CH][CH][CH]1.[Zr]=[N]N(c1ccccc1)c1ccccc1. The Morgan fingerprint density at radius 3 is 1.00 bits per heavy atom. The van der Waals surface area contributed by atoms with Crippen LogP contribution in [-0.4, -0.2) is 0 Å². The second kappa shape index (κ2) is 13.2. The molecule has 2 aliphatic rings. The van der Waals surface area contributed by atoms with Crippen molar-refractivity contribution in [1.29, 1.82) is 0 Å². The summed E-state index contributed by atoms with van der Waals surface area (Å²) in [5, 5.41) is 1.96. The van der Waals surface area contributed by atoms with E-state index in [9.17, 15) is 0 Å². The zero-order chi connectivity index (χ0) is 17.6. The van der Waals surface area contributed by atoms with E-state index in [0.29, 0.717) is 0 Å². The van der Waals surface area contributed by atoms with Gasteiger partial charge in [-0.2, -0.15) is 0 Å². The summed E-state index contributed by atoms with van der Waals surface area (Å²) in [5.41, 5.74) is 2.20. The molecule has 0 aromatic heterocycles. The predicted molar refractivity (Wildman–Crippen MR) is 100 cm³/mol. The first-order valence-electron chi connectivity index (χ1n) is 8.03. The average molecular weight is 404 g/mol. The van der Waals surface area contributed by atoms with Crippen molar-refractivity contribution in [3.8, 4) is 0 Å². The number of hydrogen-bond donors (Lipinski definition) is 0. The second-order valence-corrected chi connectivity index (χ2v) is 5.50. The van der Waals surface area contributed by atoms with Gasteiger partial charge in [0, 0.05) is 0 Å². The third-order valence-electron chi connectivity index (χ3n) is 3.21. The van der Waals surface area contributed by atoms with Gasteiger partial charge < -0.3 is 0 Å². The van der Waals surface area contributed by atoms with Crippen LogP contribution < -0.4 is 5.01 Å². The van der Waals surface area contributed by atoms with Gasteiger partial charge in [-0.05, 0) is 64.2 Å². The molecular formula is C22H20N2Zr. The minimum atomic E-state index is 1.10. The Labute approximate surface area is 168 Å². The molecule has 0 saturated heterocycles. The quantitative estimate of drug-likeness (QED) is 0.617. The van der Waals surface area contributed by atoms with Crippen LogP contribution in [0.1, 0.15) is 0 Å². The van der Waals surface area contributed by atoms with Crippen molar-refractivity contribution in [3.05, 3.63) is 125 Å². The van der Waals surface area contributed by atoms with Gasteiger partial charge in [-0.3, -0.25) is 0 Å². The summed E-state index contributed by atoms with van der Waals surface area (Å²) in [7, 11) is 0. The normalized spacial score (nSPS) is 15.3. The number of para-hydroxylation sites is 2. The van der Waals surface area contributed by atoms with Crippen molar-refractivity contribution in [1.82, 2.24) is 0 Å². The number of anilines is 2. The molecular weight excluding hydrogens is 383 g/mol. The van der Waals surface area contributed by atoms with E-state index in [1.807, 2.05) is 106 Å². The Morgan fingerprint density at radius 1 is 0.480 bits per heavy atom. The fourth-order valence-electron chi connectivity index (χ4n) is 2.04. The standard InChI is InChI=1S/C12H10N2.2C5H5.Zr/c13-14(11-7-3-1-4-8-11)12-9-5-2-6-10-12;2*1-2-4-5-3-1;/h1-10H;2*1-5H;. The van der Waals surface area contributed by atoms with Crippen molar-refractivity contribution in [2.24, 2.45) is 2.98 Å². The first-order chi connectivity index (χ1) is 12.4. The van der Waals surface area contributed by atoms with Gasteiger partial charge in [0.1, 0.15) is 0 Å². The zero-order valence-corrected chi connectivity index (χ0v) is 16.4. The number of hydrogen-bond acceptors (Lipinski definition) is 2. The van der Waals surface area contributed by atoms with Crippen molar-refractivity contribution in [2.75, 3.05) is 5.01 Å². The molecule has 0 unspecified atom stereocenters. The summed E-state index contributed by atoms with van der Waals surface area (Å²) in [6.45, 7) is 0. The third kappa shape index (κ3) is 8.23. The van der Waals surface area contributed by atoms with E-state index in [1.165, 1.54) is 0 Å². The summed E-state index contributed by atoms with van der Waals surface area (Å²) in [6.07, 6.45) is 20.0. The molecule has 0 heterocycles. The summed E-state index contributed by atoms with van der Waals surface area (Å²) >= 11 is 1.14. The summed E-state index contributed by atoms with van der Waals surface area (Å²) in [5.74, 6) is 0. The van der Waals surface area contributed by atoms with Gasteiger partial charge in [0.15, 0.2) is 0 Å². The van der Waals surface area contributed by atoms with Crippen LogP contribution in [0, 0.1) is 64.2 Å². The second-order valence-electron chi connectivity index (χ2n) is 5.01. The molecule has 0 N–H and O–H groups in total. The molecule has 0 atom stereocenters. The monoisotopic (exact) mass is 402 g/mol. The first kappa shape index (κ1) is 20.2. The van der Waals surface area contributed by atoms with Crippen LogP contribution in [0.15, 0.2) is 63.6 Å². The van der Waals surface area contributed by atoms with Crippen LogP contribution in [0.25, 0.3) is 0 Å². The van der Waals surface area contributed by atoms with Gasteiger partial charge in [-0.1, -0.05) is 0 Å². The summed E-state index contributed by atoms with van der Waals surface area (Å²) in [4.78, 5) is 0. The van der Waals surface area contributed by atoms with Crippen molar-refractivity contribution < 1.29 is 24.6 Å². The molecule has 10 radical (unpaired) electrons. The van der Waals surface area contributed by atoms with Crippen LogP contribution in [0.3, 0.4) is 0 Å². The number of benzene rings is 2. The molecule has 0 amide bonds. The van der Waals surface area contributed by atoms with Gasteiger partial charge in [0.25, 0.3) is 0 Å². The Kier molecular flexibility index (Phi) is 10.7. The maximum atomic E-state index is 4.35. The van der Waals surface area contributed by atoms with E-state index in [1.54, 1.807) is 0 Å². The fraction of sp³-hybridized carbons (Fsp3) is 0. The molecule has 4 rings (SSSR count). The first-order valence-corrected chi connectivity index (χ1v) is 9.12. The molecule has 25 heavy (non-hydrogen) atoms. The van der Waals surface area contributed by atoms with E-state index in [4.69, 9.17) is 0 Å². The van der Waals surface area contributed by atoms with Gasteiger partial charge >= 0.3 is 105 Å². The summed E-state index contributed by atoms with van der Waals surface area (Å²) < 4.78 is 4.35. The number of rotatable bonds is 3. The van der Waals surface area contributed by atoms with Crippen molar-refractivity contribution in [2.45, 2.75) is 0 Å². The van der Waals surface area contributed by atoms with E-state index in [0.717, 1.165) is 35.9 Å². The average Bonchev–Trinajstić information content (AvgIpc) is 3.43. The molecule has 3 heteroatoms. The van der Waals surface area contributed by atoms with Crippen LogP contribution >= 0.6 is 0 Å². The molecule has 2 aromatic carbocycles. The predicted octanol–water partition coefficient (Wildman–Crippen LogP) is 5.51. The molecule has 0 bridgehead atoms. The van der Waals surface area contributed by atoms with E-state index >= 15 is 0 Å². The van der Waals surface area contributed by atoms with E-state index < -0.39 is 0 Å². The van der Waals surface area contributed by atoms with E-state index in [-0.39, 0.29) is 0 Å². The Bertz CT molecular complexity index is 498. The molecule has 0 aliphatic heterocycles. The molecule has 2 fully saturated rings. The third-order valence-corrected chi connectivity index (χ3v) is 3.70. The Morgan fingerprint density at radius 2 is 0.760 bits per heavy atom. The topological polar surface area (TPSA) is 15.6 Å². The van der Waals surface area contributed by atoms with Gasteiger partial charge in [-0.25, -0.2) is 0 Å². The van der Waals surface area contributed by atoms with Gasteiger partial charge in [0.2, 0.25) is 0 Å². The van der Waals surface area contributed by atoms with Crippen LogP contribution in [0.2, 0.25) is 0 Å². The van der Waals surface area contributed by atoms with Crippen molar-refractivity contribution in [3.63, 3.8) is 0 Å². The van der Waals surface area contributed by atoms with Gasteiger partial charge in [0.05, 0.1) is 0 Å². The minimum absolute atomic E-state index is 1.10. The summed E-state index contributed by atoms with van der Waals surface area (Å²) in [6, 6.07) is 20.3. The Balaban J connectivity index is 0.000000182. The number of nitrogens with zero attached hydrogens (tertiary/aromatic N) is 2. The van der Waals surface area contributed by atoms with Crippen molar-refractivity contribution >= 4 is 11.4 Å². The molecule has 2 aromatic rings. The van der Waals surface area contributed by atoms with Crippen LogP contribution in [0.5, 0.6) is 0 Å². The van der Waals surface area contributed by atoms with Crippen LogP contribution in [-0.2, 0) is 24.6 Å². The van der Waals surface area contributed by atoms with Gasteiger partial charge in [-0.15, -0.1) is 0 Å². The van der Waals surface area contributed by atoms with Crippen LogP contribution in [0.4, 0.5) is 11.4 Å². The molecule has 122 valence electrons. The maximum absolute atomic E-state index is 4.35. The zero-order valence-electron chi connectivity index (χ0n) is 13.9. The van der Waals surface area contributed by atoms with E-state index in [2.05, 4.69) is 27.2 Å². The fourth-order valence-corrected chi connectivity index (χ4v) is 2.61. The molecule has 2 saturated carbocycles. The molecule has 0 spiro atoms.